The maximum atomic E-state index is 11.9. The van der Waals surface area contributed by atoms with Crippen molar-refractivity contribution in [2.75, 3.05) is 18.1 Å². The van der Waals surface area contributed by atoms with Crippen LogP contribution in [0.15, 0.2) is 36.1 Å². The molecule has 5 nitrogen and oxygen atoms in total. The summed E-state index contributed by atoms with van der Waals surface area (Å²) in [7, 11) is 0. The van der Waals surface area contributed by atoms with Crippen molar-refractivity contribution in [1.29, 1.82) is 0 Å². The third-order valence-electron chi connectivity index (χ3n) is 5.73. The van der Waals surface area contributed by atoms with Crippen molar-refractivity contribution in [3.8, 4) is 0 Å². The summed E-state index contributed by atoms with van der Waals surface area (Å²) in [4.78, 5) is 11.9. The van der Waals surface area contributed by atoms with Crippen LogP contribution in [0, 0.1) is 5.92 Å². The van der Waals surface area contributed by atoms with Gasteiger partial charge in [0.2, 0.25) is 0 Å². The zero-order valence-corrected chi connectivity index (χ0v) is 20.3. The number of hydrogen-bond acceptors (Lipinski definition) is 5. The van der Waals surface area contributed by atoms with Crippen LogP contribution < -0.4 is 5.73 Å². The van der Waals surface area contributed by atoms with Crippen molar-refractivity contribution in [3.05, 3.63) is 36.1 Å². The highest BCUT2D eigenvalue weighted by Gasteiger charge is 2.42. The Morgan fingerprint density at radius 3 is 2.58 bits per heavy atom. The fourth-order valence-corrected chi connectivity index (χ4v) is 4.66. The lowest BCUT2D eigenvalue weighted by molar-refractivity contribution is -0.160. The molecule has 4 N–H and O–H groups in total. The first kappa shape index (κ1) is 27.8. The van der Waals surface area contributed by atoms with E-state index >= 15 is 0 Å². The fraction of sp³-hybridized carbons (Fsp3) is 0.720. The topological polar surface area (TPSA) is 92.8 Å². The number of carboxylic acid groups (broad SMARTS) is 1. The lowest BCUT2D eigenvalue weighted by atomic mass is 9.87. The van der Waals surface area contributed by atoms with E-state index in [1.807, 2.05) is 6.08 Å². The van der Waals surface area contributed by atoms with Crippen molar-refractivity contribution in [2.45, 2.75) is 89.7 Å². The second kappa shape index (κ2) is 15.5. The summed E-state index contributed by atoms with van der Waals surface area (Å²) in [6, 6.07) is -0.866. The average molecular weight is 454 g/mol. The number of thioether (sulfide) groups is 1. The number of aliphatic carboxylic acids is 1. The van der Waals surface area contributed by atoms with Gasteiger partial charge in [0.25, 0.3) is 0 Å². The molecule has 0 spiro atoms. The summed E-state index contributed by atoms with van der Waals surface area (Å²) in [5.74, 6) is 1.44. The van der Waals surface area contributed by atoms with Crippen LogP contribution in [-0.2, 0) is 9.53 Å². The summed E-state index contributed by atoms with van der Waals surface area (Å²) >= 11 is 1.63. The second-order valence-electron chi connectivity index (χ2n) is 8.65. The maximum absolute atomic E-state index is 11.9. The van der Waals surface area contributed by atoms with E-state index in [-0.39, 0.29) is 6.42 Å². The smallest absolute Gasteiger partial charge is 0.337 e. The third kappa shape index (κ3) is 10.8. The van der Waals surface area contributed by atoms with E-state index in [0.29, 0.717) is 29.6 Å². The molecule has 6 heteroatoms. The highest BCUT2D eigenvalue weighted by atomic mass is 32.2. The predicted octanol–water partition coefficient (Wildman–Crippen LogP) is 5.45. The highest BCUT2D eigenvalue weighted by molar-refractivity contribution is 7.99. The monoisotopic (exact) mass is 453 g/mol. The average Bonchev–Trinajstić information content (AvgIpc) is 2.69. The number of carboxylic acids is 1. The van der Waals surface area contributed by atoms with Gasteiger partial charge in [0, 0.05) is 12.2 Å². The van der Waals surface area contributed by atoms with Crippen LogP contribution in [0.4, 0.5) is 0 Å². The van der Waals surface area contributed by atoms with E-state index in [2.05, 4.69) is 26.5 Å². The Bertz CT molecular complexity index is 600. The van der Waals surface area contributed by atoms with Crippen molar-refractivity contribution in [2.24, 2.45) is 11.7 Å². The predicted molar refractivity (Wildman–Crippen MR) is 131 cm³/mol. The molecule has 0 aromatic heterocycles. The number of ether oxygens (including phenoxy) is 1. The van der Waals surface area contributed by atoms with Crippen LogP contribution >= 0.6 is 11.8 Å². The van der Waals surface area contributed by atoms with Crippen LogP contribution in [0.25, 0.3) is 0 Å². The molecule has 0 amide bonds. The lowest BCUT2D eigenvalue weighted by Crippen LogP contribution is -2.55. The molecule has 0 aliphatic heterocycles. The number of rotatable bonds is 18. The molecule has 1 fully saturated rings. The van der Waals surface area contributed by atoms with E-state index in [4.69, 9.17) is 10.5 Å². The Labute approximate surface area is 193 Å². The first-order valence-electron chi connectivity index (χ1n) is 11.8. The van der Waals surface area contributed by atoms with Gasteiger partial charge in [-0.2, -0.15) is 11.8 Å². The number of nitrogens with two attached hydrogens (primary N) is 1. The maximum Gasteiger partial charge on any atom is 0.337 e. The molecule has 178 valence electrons. The molecule has 0 aromatic rings. The number of carbonyl (C=O) groups is 1. The molecule has 0 saturated heterocycles. The normalized spacial score (nSPS) is 17.9. The molecule has 0 bridgehead atoms. The fourth-order valence-electron chi connectivity index (χ4n) is 3.32. The van der Waals surface area contributed by atoms with Gasteiger partial charge in [-0.25, -0.2) is 4.79 Å². The largest absolute Gasteiger partial charge is 0.494 e. The Kier molecular flexibility index (Phi) is 13.9. The summed E-state index contributed by atoms with van der Waals surface area (Å²) in [6.07, 6.45) is 15.7. The molecule has 2 unspecified atom stereocenters. The van der Waals surface area contributed by atoms with E-state index in [9.17, 15) is 15.0 Å². The van der Waals surface area contributed by atoms with E-state index in [1.54, 1.807) is 17.8 Å². The molecule has 2 atom stereocenters. The summed E-state index contributed by atoms with van der Waals surface area (Å²) in [5, 5.41) is 20.6. The van der Waals surface area contributed by atoms with Gasteiger partial charge < -0.3 is 20.7 Å². The van der Waals surface area contributed by atoms with Crippen LogP contribution in [0.3, 0.4) is 0 Å². The molecule has 1 aliphatic carbocycles. The second-order valence-corrected chi connectivity index (χ2v) is 9.73. The molecule has 1 aliphatic rings. The molecular formula is C25H43NO4S. The number of unbranched alkanes of at least 4 members (excludes halogenated alkanes) is 4. The summed E-state index contributed by atoms with van der Waals surface area (Å²) in [6.45, 7) is 8.88. The number of hydrogen-bond donors (Lipinski definition) is 3. The van der Waals surface area contributed by atoms with Crippen LogP contribution in [0.5, 0.6) is 0 Å². The van der Waals surface area contributed by atoms with Crippen molar-refractivity contribution < 1.29 is 19.7 Å². The molecule has 0 heterocycles. The number of allylic oxidation sites excluding steroid dienone is 3. The molecule has 31 heavy (non-hydrogen) atoms. The first-order chi connectivity index (χ1) is 14.8. The van der Waals surface area contributed by atoms with Gasteiger partial charge in [0.15, 0.2) is 5.60 Å². The molecular weight excluding hydrogens is 410 g/mol. The summed E-state index contributed by atoms with van der Waals surface area (Å²) in [5.41, 5.74) is 4.60. The lowest BCUT2D eigenvalue weighted by Gasteiger charge is -2.31. The van der Waals surface area contributed by atoms with Crippen LogP contribution in [-0.4, -0.2) is 45.9 Å². The Balaban J connectivity index is 2.73. The standard InChI is InChI=1S/C25H43NO4S/c1-4-6-8-9-14-22(30-15-10-7-5-2)16-20(3)17-25(29,24(27)28)23(26)19-31-18-21-12-11-13-21/h9,14,16,21,23,29H,3-8,10-13,15,17-19,26H2,1-2H3,(H,27,28)/b14-9-,22-16+. The summed E-state index contributed by atoms with van der Waals surface area (Å²) < 4.78 is 5.89. The van der Waals surface area contributed by atoms with Crippen molar-refractivity contribution >= 4 is 17.7 Å². The van der Waals surface area contributed by atoms with Gasteiger partial charge in [-0.15, -0.1) is 0 Å². The minimum atomic E-state index is -2.04. The SMILES string of the molecule is C=C(/C=C(\C=C/CCCC)OCCCCC)CC(O)(C(=O)O)C(N)CSCC1CCC1. The van der Waals surface area contributed by atoms with Gasteiger partial charge in [-0.1, -0.05) is 58.6 Å². The van der Waals surface area contributed by atoms with Crippen molar-refractivity contribution in [3.63, 3.8) is 0 Å². The van der Waals surface area contributed by atoms with Gasteiger partial charge in [0.1, 0.15) is 5.76 Å². The van der Waals surface area contributed by atoms with Crippen LogP contribution in [0.1, 0.15) is 78.1 Å². The van der Waals surface area contributed by atoms with E-state index < -0.39 is 17.6 Å². The van der Waals surface area contributed by atoms with Gasteiger partial charge >= 0.3 is 5.97 Å². The third-order valence-corrected chi connectivity index (χ3v) is 7.03. The molecule has 1 saturated carbocycles. The molecule has 1 rings (SSSR count). The van der Waals surface area contributed by atoms with E-state index in [0.717, 1.165) is 44.3 Å². The first-order valence-corrected chi connectivity index (χ1v) is 13.0. The van der Waals surface area contributed by atoms with Gasteiger partial charge in [-0.3, -0.25) is 0 Å². The Morgan fingerprint density at radius 1 is 1.29 bits per heavy atom. The minimum absolute atomic E-state index is 0.127. The Hall–Kier alpha value is -1.24. The van der Waals surface area contributed by atoms with Crippen LogP contribution in [0.2, 0.25) is 0 Å². The zero-order chi connectivity index (χ0) is 23.1. The van der Waals surface area contributed by atoms with Gasteiger partial charge in [0.05, 0.1) is 12.6 Å². The minimum Gasteiger partial charge on any atom is -0.494 e. The quantitative estimate of drug-likeness (QED) is 0.145. The zero-order valence-electron chi connectivity index (χ0n) is 19.5. The molecule has 0 aromatic carbocycles. The van der Waals surface area contributed by atoms with Gasteiger partial charge in [-0.05, 0) is 55.1 Å². The van der Waals surface area contributed by atoms with Crippen molar-refractivity contribution in [1.82, 2.24) is 0 Å². The van der Waals surface area contributed by atoms with E-state index in [1.165, 1.54) is 19.3 Å². The number of aliphatic hydroxyl groups is 1. The highest BCUT2D eigenvalue weighted by Crippen LogP contribution is 2.31. The molecule has 0 radical (unpaired) electrons. The Morgan fingerprint density at radius 2 is 2.00 bits per heavy atom.